The lowest BCUT2D eigenvalue weighted by molar-refractivity contribution is -0.0671. The third-order valence-electron chi connectivity index (χ3n) is 3.73. The summed E-state index contributed by atoms with van der Waals surface area (Å²) in [4.78, 5) is 22.8. The van der Waals surface area contributed by atoms with E-state index >= 15 is 0 Å². The number of nitrogens with one attached hydrogen (secondary N) is 2. The number of methoxy groups -OCH3 is 1. The van der Waals surface area contributed by atoms with Crippen molar-refractivity contribution in [3.63, 3.8) is 0 Å². The third-order valence-corrected chi connectivity index (χ3v) is 3.73. The molecule has 21 heavy (non-hydrogen) atoms. The van der Waals surface area contributed by atoms with Crippen LogP contribution in [0.5, 0.6) is 0 Å². The van der Waals surface area contributed by atoms with Crippen molar-refractivity contribution in [2.24, 2.45) is 0 Å². The van der Waals surface area contributed by atoms with Crippen LogP contribution in [0.4, 0.5) is 14.9 Å². The Labute approximate surface area is 121 Å². The van der Waals surface area contributed by atoms with Gasteiger partial charge in [0.05, 0.1) is 16.9 Å². The minimum atomic E-state index is -1.31. The number of benzene rings is 1. The maximum atomic E-state index is 13.0. The Kier molecular flexibility index (Phi) is 4.42. The van der Waals surface area contributed by atoms with E-state index in [1.165, 1.54) is 6.07 Å². The van der Waals surface area contributed by atoms with Crippen LogP contribution in [-0.4, -0.2) is 36.4 Å². The number of rotatable bonds is 5. The number of aromatic carboxylic acids is 1. The first-order chi connectivity index (χ1) is 9.96. The normalized spacial score (nSPS) is 15.9. The number of carbonyl (C=O) groups excluding carboxylic acids is 1. The quantitative estimate of drug-likeness (QED) is 0.777. The Morgan fingerprint density at radius 2 is 2.14 bits per heavy atom. The van der Waals surface area contributed by atoms with Crippen LogP contribution in [0.3, 0.4) is 0 Å². The molecule has 3 N–H and O–H groups in total. The number of carboxylic acid groups (broad SMARTS) is 1. The Bertz CT molecular complexity index is 552. The molecule has 0 bridgehead atoms. The summed E-state index contributed by atoms with van der Waals surface area (Å²) in [6.45, 7) is 0.346. The number of hydrogen-bond acceptors (Lipinski definition) is 3. The number of carbonyl (C=O) groups is 2. The lowest BCUT2D eigenvalue weighted by Crippen LogP contribution is -2.50. The van der Waals surface area contributed by atoms with Crippen molar-refractivity contribution >= 4 is 17.7 Å². The molecular formula is C14H17FN2O4. The van der Waals surface area contributed by atoms with Crippen LogP contribution < -0.4 is 10.6 Å². The number of hydrogen-bond donors (Lipinski definition) is 3. The van der Waals surface area contributed by atoms with Crippen LogP contribution in [0.25, 0.3) is 0 Å². The standard InChI is InChI=1S/C14H17FN2O4/c1-21-14(5-2-6-14)8-16-13(20)17-11-4-3-9(15)7-10(11)12(18)19/h3-4,7H,2,5-6,8H2,1H3,(H,18,19)(H2,16,17,20). The predicted octanol–water partition coefficient (Wildman–Crippen LogP) is 2.21. The van der Waals surface area contributed by atoms with Gasteiger partial charge in [-0.25, -0.2) is 14.0 Å². The van der Waals surface area contributed by atoms with Gasteiger partial charge in [0.25, 0.3) is 0 Å². The van der Waals surface area contributed by atoms with Crippen molar-refractivity contribution in [1.82, 2.24) is 5.32 Å². The second kappa shape index (κ2) is 6.09. The van der Waals surface area contributed by atoms with Gasteiger partial charge in [-0.3, -0.25) is 0 Å². The van der Waals surface area contributed by atoms with Gasteiger partial charge in [-0.2, -0.15) is 0 Å². The number of urea groups is 1. The number of amides is 2. The van der Waals surface area contributed by atoms with Crippen molar-refractivity contribution in [3.05, 3.63) is 29.6 Å². The topological polar surface area (TPSA) is 87.7 Å². The summed E-state index contributed by atoms with van der Waals surface area (Å²) in [6, 6.07) is 2.62. The van der Waals surface area contributed by atoms with E-state index in [9.17, 15) is 14.0 Å². The van der Waals surface area contributed by atoms with Crippen molar-refractivity contribution in [3.8, 4) is 0 Å². The fourth-order valence-corrected chi connectivity index (χ4v) is 2.23. The molecule has 6 nitrogen and oxygen atoms in total. The molecule has 114 valence electrons. The molecule has 1 aliphatic rings. The summed E-state index contributed by atoms with van der Waals surface area (Å²) in [5.74, 6) is -1.98. The summed E-state index contributed by atoms with van der Waals surface area (Å²) in [6.07, 6.45) is 2.81. The average molecular weight is 296 g/mol. The molecule has 2 rings (SSSR count). The van der Waals surface area contributed by atoms with Gasteiger partial charge in [0.1, 0.15) is 5.82 Å². The number of halogens is 1. The Hall–Kier alpha value is -2.15. The zero-order chi connectivity index (χ0) is 15.5. The largest absolute Gasteiger partial charge is 0.478 e. The average Bonchev–Trinajstić information content (AvgIpc) is 2.40. The second-order valence-corrected chi connectivity index (χ2v) is 5.04. The number of carboxylic acids is 1. The highest BCUT2D eigenvalue weighted by Crippen LogP contribution is 2.34. The molecule has 1 saturated carbocycles. The molecule has 0 spiro atoms. The molecule has 0 heterocycles. The van der Waals surface area contributed by atoms with Gasteiger partial charge in [-0.15, -0.1) is 0 Å². The molecule has 0 atom stereocenters. The minimum Gasteiger partial charge on any atom is -0.478 e. The van der Waals surface area contributed by atoms with E-state index in [4.69, 9.17) is 9.84 Å². The maximum Gasteiger partial charge on any atom is 0.337 e. The molecule has 7 heteroatoms. The summed E-state index contributed by atoms with van der Waals surface area (Å²) in [5.41, 5.74) is -0.577. The van der Waals surface area contributed by atoms with E-state index in [1.54, 1.807) is 7.11 Å². The fraction of sp³-hybridized carbons (Fsp3) is 0.429. The first-order valence-electron chi connectivity index (χ1n) is 6.59. The Balaban J connectivity index is 1.98. The highest BCUT2D eigenvalue weighted by molar-refractivity contribution is 6.00. The van der Waals surface area contributed by atoms with Gasteiger partial charge in [-0.1, -0.05) is 0 Å². The number of ether oxygens (including phenoxy) is 1. The summed E-state index contributed by atoms with van der Waals surface area (Å²) in [7, 11) is 1.60. The van der Waals surface area contributed by atoms with Gasteiger partial charge in [0.2, 0.25) is 0 Å². The van der Waals surface area contributed by atoms with Crippen LogP contribution in [-0.2, 0) is 4.74 Å². The van der Waals surface area contributed by atoms with Gasteiger partial charge in [-0.05, 0) is 37.5 Å². The molecular weight excluding hydrogens is 279 g/mol. The van der Waals surface area contributed by atoms with Crippen LogP contribution in [0.2, 0.25) is 0 Å². The van der Waals surface area contributed by atoms with Crippen LogP contribution >= 0.6 is 0 Å². The molecule has 1 aromatic carbocycles. The van der Waals surface area contributed by atoms with E-state index in [2.05, 4.69) is 10.6 Å². The fourth-order valence-electron chi connectivity index (χ4n) is 2.23. The SMILES string of the molecule is COC1(CNC(=O)Nc2ccc(F)cc2C(=O)O)CCC1. The van der Waals surface area contributed by atoms with Crippen molar-refractivity contribution in [1.29, 1.82) is 0 Å². The minimum absolute atomic E-state index is 0.0430. The first-order valence-corrected chi connectivity index (χ1v) is 6.59. The third kappa shape index (κ3) is 3.49. The molecule has 2 amide bonds. The molecule has 0 radical (unpaired) electrons. The Morgan fingerprint density at radius 3 is 2.67 bits per heavy atom. The lowest BCUT2D eigenvalue weighted by Gasteiger charge is -2.40. The van der Waals surface area contributed by atoms with Gasteiger partial charge in [0.15, 0.2) is 0 Å². The van der Waals surface area contributed by atoms with E-state index in [1.807, 2.05) is 0 Å². The van der Waals surface area contributed by atoms with Crippen LogP contribution in [0.1, 0.15) is 29.6 Å². The van der Waals surface area contributed by atoms with Gasteiger partial charge >= 0.3 is 12.0 Å². The van der Waals surface area contributed by atoms with Crippen molar-refractivity contribution < 1.29 is 23.8 Å². The smallest absolute Gasteiger partial charge is 0.337 e. The summed E-state index contributed by atoms with van der Waals surface area (Å²) in [5, 5.41) is 14.0. The zero-order valence-electron chi connectivity index (χ0n) is 11.6. The Morgan fingerprint density at radius 1 is 1.43 bits per heavy atom. The zero-order valence-corrected chi connectivity index (χ0v) is 11.6. The number of anilines is 1. The monoisotopic (exact) mass is 296 g/mol. The summed E-state index contributed by atoms with van der Waals surface area (Å²) >= 11 is 0. The molecule has 1 fully saturated rings. The molecule has 1 aromatic rings. The highest BCUT2D eigenvalue weighted by Gasteiger charge is 2.37. The van der Waals surface area contributed by atoms with Gasteiger partial charge in [0, 0.05) is 13.7 Å². The molecule has 1 aliphatic carbocycles. The van der Waals surface area contributed by atoms with E-state index in [0.717, 1.165) is 31.4 Å². The van der Waals surface area contributed by atoms with E-state index < -0.39 is 17.8 Å². The molecule has 0 saturated heterocycles. The van der Waals surface area contributed by atoms with Crippen LogP contribution in [0.15, 0.2) is 18.2 Å². The highest BCUT2D eigenvalue weighted by atomic mass is 19.1. The van der Waals surface area contributed by atoms with Crippen LogP contribution in [0, 0.1) is 5.82 Å². The predicted molar refractivity (Wildman–Crippen MR) is 74.0 cm³/mol. The van der Waals surface area contributed by atoms with E-state index in [-0.39, 0.29) is 16.9 Å². The molecule has 0 aliphatic heterocycles. The van der Waals surface area contributed by atoms with Crippen molar-refractivity contribution in [2.45, 2.75) is 24.9 Å². The second-order valence-electron chi connectivity index (χ2n) is 5.04. The molecule has 0 unspecified atom stereocenters. The lowest BCUT2D eigenvalue weighted by atomic mass is 9.80. The first kappa shape index (κ1) is 15.2. The van der Waals surface area contributed by atoms with Crippen molar-refractivity contribution in [2.75, 3.05) is 19.0 Å². The van der Waals surface area contributed by atoms with E-state index in [0.29, 0.717) is 6.54 Å². The molecule has 0 aromatic heterocycles. The summed E-state index contributed by atoms with van der Waals surface area (Å²) < 4.78 is 18.4. The maximum absolute atomic E-state index is 13.0. The van der Waals surface area contributed by atoms with Gasteiger partial charge < -0.3 is 20.5 Å².